The molecule has 0 bridgehead atoms. The van der Waals surface area contributed by atoms with Gasteiger partial charge in [0.2, 0.25) is 0 Å². The molecule has 0 saturated heterocycles. The van der Waals surface area contributed by atoms with E-state index in [2.05, 4.69) is 62.7 Å². The molecule has 0 radical (unpaired) electrons. The lowest BCUT2D eigenvalue weighted by molar-refractivity contribution is -0.0833. The Labute approximate surface area is 386 Å². The molecule has 0 spiro atoms. The minimum Gasteiger partial charge on any atom is -0.497 e. The highest BCUT2D eigenvalue weighted by Gasteiger charge is 2.42. The first-order chi connectivity index (χ1) is 31.6. The average Bonchev–Trinajstić information content (AvgIpc) is 3.35. The summed E-state index contributed by atoms with van der Waals surface area (Å²) in [5.74, 6) is 2.88. The number of nitriles is 1. The van der Waals surface area contributed by atoms with Gasteiger partial charge in [-0.1, -0.05) is 109 Å². The van der Waals surface area contributed by atoms with E-state index in [-0.39, 0.29) is 38.3 Å². The summed E-state index contributed by atoms with van der Waals surface area (Å²) in [5, 5.41) is 9.60. The summed E-state index contributed by atoms with van der Waals surface area (Å²) in [6, 6.07) is 54.5. The molecule has 0 aliphatic rings. The Hall–Kier alpha value is -5.76. The van der Waals surface area contributed by atoms with E-state index in [1.165, 1.54) is 0 Å². The molecule has 11 heteroatoms. The number of ether oxygens (including phenoxy) is 6. The molecule has 0 aromatic heterocycles. The van der Waals surface area contributed by atoms with Crippen LogP contribution < -0.4 is 18.9 Å². The van der Waals surface area contributed by atoms with Crippen molar-refractivity contribution in [2.24, 2.45) is 0 Å². The molecule has 340 valence electrons. The van der Waals surface area contributed by atoms with E-state index in [1.807, 2.05) is 133 Å². The Bertz CT molecular complexity index is 2110. The van der Waals surface area contributed by atoms with Crippen LogP contribution in [0.1, 0.15) is 67.5 Å². The zero-order valence-electron chi connectivity index (χ0n) is 38.7. The molecule has 1 atom stereocenters. The molecule has 6 rings (SSSR count). The molecular formula is C54H61N2O8P. The lowest BCUT2D eigenvalue weighted by Crippen LogP contribution is -2.41. The van der Waals surface area contributed by atoms with Gasteiger partial charge in [0.25, 0.3) is 8.53 Å². The maximum Gasteiger partial charge on any atom is 0.259 e. The van der Waals surface area contributed by atoms with Crippen molar-refractivity contribution in [3.63, 3.8) is 0 Å². The third kappa shape index (κ3) is 11.4. The quantitative estimate of drug-likeness (QED) is 0.0332. The fourth-order valence-electron chi connectivity index (χ4n) is 8.12. The molecule has 0 N–H and O–H groups in total. The Morgan fingerprint density at radius 2 is 0.785 bits per heavy atom. The van der Waals surface area contributed by atoms with Crippen molar-refractivity contribution in [2.75, 3.05) is 48.3 Å². The molecule has 0 fully saturated rings. The van der Waals surface area contributed by atoms with Crippen molar-refractivity contribution in [2.45, 2.75) is 63.5 Å². The number of benzene rings is 6. The van der Waals surface area contributed by atoms with Crippen LogP contribution in [0.4, 0.5) is 0 Å². The Balaban J connectivity index is 1.55. The summed E-state index contributed by atoms with van der Waals surface area (Å²) in [7, 11) is 4.88. The highest BCUT2D eigenvalue weighted by atomic mass is 31.2. The smallest absolute Gasteiger partial charge is 0.259 e. The molecule has 10 nitrogen and oxygen atoms in total. The number of hydrogen-bond acceptors (Lipinski definition) is 10. The third-order valence-electron chi connectivity index (χ3n) is 11.2. The van der Waals surface area contributed by atoms with E-state index in [0.29, 0.717) is 0 Å². The first-order valence-electron chi connectivity index (χ1n) is 21.9. The highest BCUT2D eigenvalue weighted by Crippen LogP contribution is 2.49. The van der Waals surface area contributed by atoms with Crippen LogP contribution in [0.2, 0.25) is 0 Å². The van der Waals surface area contributed by atoms with Crippen LogP contribution in [-0.2, 0) is 29.7 Å². The number of nitrogens with zero attached hydrogens (tertiary/aromatic N) is 2. The summed E-state index contributed by atoms with van der Waals surface area (Å²) in [4.78, 5) is 0. The Morgan fingerprint density at radius 1 is 0.477 bits per heavy atom. The monoisotopic (exact) mass is 896 g/mol. The van der Waals surface area contributed by atoms with Crippen molar-refractivity contribution in [3.8, 4) is 29.1 Å². The second-order valence-corrected chi connectivity index (χ2v) is 17.3. The lowest BCUT2D eigenvalue weighted by atomic mass is 9.79. The average molecular weight is 897 g/mol. The van der Waals surface area contributed by atoms with E-state index >= 15 is 0 Å². The van der Waals surface area contributed by atoms with Gasteiger partial charge in [-0.25, -0.2) is 4.67 Å². The molecule has 65 heavy (non-hydrogen) atoms. The van der Waals surface area contributed by atoms with Gasteiger partial charge in [0.05, 0.1) is 60.7 Å². The van der Waals surface area contributed by atoms with E-state index in [0.717, 1.165) is 56.4 Å². The Morgan fingerprint density at radius 3 is 1.06 bits per heavy atom. The molecule has 0 amide bonds. The van der Waals surface area contributed by atoms with Gasteiger partial charge in [-0.15, -0.1) is 0 Å². The SMILES string of the molecule is COc1ccc(C(OCC(COC(c2ccccc2)(c2ccc(OC)cc2)c2ccc(OC)cc2)OP(OCCC#N)N(C(C)C)C(C)C)(c2ccccc2)c2ccc(OC)cc2)cc1. The van der Waals surface area contributed by atoms with Gasteiger partial charge in [-0.05, 0) is 110 Å². The van der Waals surface area contributed by atoms with Crippen molar-refractivity contribution in [1.82, 2.24) is 4.67 Å². The fourth-order valence-corrected chi connectivity index (χ4v) is 9.80. The van der Waals surface area contributed by atoms with Crippen LogP contribution in [0.3, 0.4) is 0 Å². The number of hydrogen-bond donors (Lipinski definition) is 0. The van der Waals surface area contributed by atoms with Gasteiger partial charge in [0.1, 0.15) is 40.3 Å². The minimum atomic E-state index is -1.74. The van der Waals surface area contributed by atoms with Crippen LogP contribution in [0.25, 0.3) is 0 Å². The van der Waals surface area contributed by atoms with E-state index in [4.69, 9.17) is 37.5 Å². The summed E-state index contributed by atoms with van der Waals surface area (Å²) < 4.78 is 53.6. The molecule has 6 aromatic carbocycles. The zero-order valence-corrected chi connectivity index (χ0v) is 39.6. The first-order valence-corrected chi connectivity index (χ1v) is 23.0. The van der Waals surface area contributed by atoms with Gasteiger partial charge in [0.15, 0.2) is 0 Å². The first kappa shape index (κ1) is 48.7. The van der Waals surface area contributed by atoms with Crippen molar-refractivity contribution < 1.29 is 37.5 Å². The molecule has 6 aromatic rings. The van der Waals surface area contributed by atoms with Crippen molar-refractivity contribution >= 4 is 8.53 Å². The fraction of sp³-hybridized carbons (Fsp3) is 0.315. The van der Waals surface area contributed by atoms with Crippen molar-refractivity contribution in [1.29, 1.82) is 5.26 Å². The molecule has 0 heterocycles. The van der Waals surface area contributed by atoms with Gasteiger partial charge in [0, 0.05) is 12.1 Å². The van der Waals surface area contributed by atoms with E-state index < -0.39 is 25.8 Å². The molecule has 0 aliphatic carbocycles. The summed E-state index contributed by atoms with van der Waals surface area (Å²) in [6.45, 7) is 8.78. The molecule has 1 unspecified atom stereocenters. The van der Waals surface area contributed by atoms with Crippen LogP contribution in [0.15, 0.2) is 158 Å². The summed E-state index contributed by atoms with van der Waals surface area (Å²) >= 11 is 0. The predicted octanol–water partition coefficient (Wildman–Crippen LogP) is 11.7. The number of methoxy groups -OCH3 is 4. The summed E-state index contributed by atoms with van der Waals surface area (Å²) in [6.07, 6.45) is -0.524. The second-order valence-electron chi connectivity index (χ2n) is 15.9. The molecular weight excluding hydrogens is 836 g/mol. The Kier molecular flexibility index (Phi) is 17.6. The minimum absolute atomic E-state index is 0.0491. The van der Waals surface area contributed by atoms with Gasteiger partial charge < -0.3 is 37.5 Å². The van der Waals surface area contributed by atoms with E-state index in [9.17, 15) is 5.26 Å². The standard InChI is InChI=1S/C54H61N2O8P/c1-40(2)56(41(3)4)65(63-37-15-36-55)64-52(38-61-53(42-16-11-9-12-17-42,44-20-28-48(57-5)29-21-44)45-22-30-49(58-6)31-23-45)39-62-54(43-18-13-10-14-19-43,46-24-32-50(59-7)33-25-46)47-26-34-51(60-8)35-27-47/h9-14,16-35,40-41,52H,15,37-39H2,1-8H3. The van der Waals surface area contributed by atoms with Crippen LogP contribution in [-0.4, -0.2) is 71.1 Å². The second kappa shape index (κ2) is 23.4. The normalized spacial score (nSPS) is 12.4. The highest BCUT2D eigenvalue weighted by molar-refractivity contribution is 7.44. The van der Waals surface area contributed by atoms with Crippen LogP contribution >= 0.6 is 8.53 Å². The largest absolute Gasteiger partial charge is 0.497 e. The maximum absolute atomic E-state index is 9.60. The van der Waals surface area contributed by atoms with Gasteiger partial charge >= 0.3 is 0 Å². The van der Waals surface area contributed by atoms with Gasteiger partial charge in [-0.3, -0.25) is 0 Å². The van der Waals surface area contributed by atoms with Crippen molar-refractivity contribution in [3.05, 3.63) is 191 Å². The maximum atomic E-state index is 9.60. The summed E-state index contributed by atoms with van der Waals surface area (Å²) in [5.41, 5.74) is 3.03. The van der Waals surface area contributed by atoms with E-state index in [1.54, 1.807) is 28.4 Å². The number of rotatable bonds is 24. The zero-order chi connectivity index (χ0) is 46.2. The topological polar surface area (TPSA) is 101 Å². The third-order valence-corrected chi connectivity index (χ3v) is 13.4. The van der Waals surface area contributed by atoms with Crippen LogP contribution in [0.5, 0.6) is 23.0 Å². The molecule has 0 saturated carbocycles. The predicted molar refractivity (Wildman–Crippen MR) is 257 cm³/mol. The van der Waals surface area contributed by atoms with Crippen LogP contribution in [0, 0.1) is 11.3 Å². The molecule has 0 aliphatic heterocycles. The van der Waals surface area contributed by atoms with Gasteiger partial charge in [-0.2, -0.15) is 5.26 Å². The lowest BCUT2D eigenvalue weighted by Gasteiger charge is -2.41.